The first kappa shape index (κ1) is 13.0. The maximum Gasteiger partial charge on any atom is 0.326 e. The molecule has 0 bridgehead atoms. The molecule has 1 unspecified atom stereocenters. The molecule has 5 nitrogen and oxygen atoms in total. The van der Waals surface area contributed by atoms with Crippen LogP contribution in [0.3, 0.4) is 0 Å². The Bertz CT molecular complexity index is 250. The summed E-state index contributed by atoms with van der Waals surface area (Å²) in [7, 11) is 0. The average molecular weight is 229 g/mol. The lowest BCUT2D eigenvalue weighted by Gasteiger charge is -2.13. The third-order valence-electron chi connectivity index (χ3n) is 2.57. The molecule has 1 atom stereocenters. The van der Waals surface area contributed by atoms with E-state index in [2.05, 4.69) is 5.32 Å². The Hall–Kier alpha value is -1.10. The van der Waals surface area contributed by atoms with Gasteiger partial charge in [0.1, 0.15) is 6.04 Å². The molecule has 1 rings (SSSR count). The zero-order valence-corrected chi connectivity index (χ0v) is 9.57. The Morgan fingerprint density at radius 3 is 2.69 bits per heavy atom. The summed E-state index contributed by atoms with van der Waals surface area (Å²) in [6.45, 7) is 3.08. The number of carboxylic acids is 1. The Balaban J connectivity index is 2.18. The summed E-state index contributed by atoms with van der Waals surface area (Å²) in [4.78, 5) is 22.3. The van der Waals surface area contributed by atoms with Gasteiger partial charge in [-0.25, -0.2) is 4.79 Å². The molecule has 16 heavy (non-hydrogen) atoms. The van der Waals surface area contributed by atoms with Gasteiger partial charge in [-0.15, -0.1) is 0 Å². The molecule has 0 saturated heterocycles. The van der Waals surface area contributed by atoms with E-state index in [1.807, 2.05) is 6.92 Å². The van der Waals surface area contributed by atoms with Gasteiger partial charge in [-0.1, -0.05) is 0 Å². The van der Waals surface area contributed by atoms with E-state index in [1.165, 1.54) is 0 Å². The van der Waals surface area contributed by atoms with Crippen molar-refractivity contribution < 1.29 is 19.4 Å². The summed E-state index contributed by atoms with van der Waals surface area (Å²) >= 11 is 0. The molecule has 1 saturated carbocycles. The van der Waals surface area contributed by atoms with Gasteiger partial charge >= 0.3 is 5.97 Å². The van der Waals surface area contributed by atoms with Crippen LogP contribution in [-0.4, -0.2) is 36.2 Å². The summed E-state index contributed by atoms with van der Waals surface area (Å²) in [6.07, 6.45) is 2.76. The molecule has 5 heteroatoms. The van der Waals surface area contributed by atoms with Crippen molar-refractivity contribution in [3.8, 4) is 0 Å². The molecule has 92 valence electrons. The molecule has 0 aromatic carbocycles. The summed E-state index contributed by atoms with van der Waals surface area (Å²) in [5.41, 5.74) is 0. The SMILES string of the molecule is CCOCCCC(=O)NC(C(=O)O)C1CC1. The maximum absolute atomic E-state index is 11.4. The number of hydrogen-bond donors (Lipinski definition) is 2. The van der Waals surface area contributed by atoms with E-state index in [4.69, 9.17) is 9.84 Å². The molecule has 1 fully saturated rings. The van der Waals surface area contributed by atoms with Gasteiger partial charge in [-0.3, -0.25) is 4.79 Å². The highest BCUT2D eigenvalue weighted by molar-refractivity contribution is 5.83. The second-order valence-corrected chi connectivity index (χ2v) is 4.02. The van der Waals surface area contributed by atoms with Crippen LogP contribution in [0.2, 0.25) is 0 Å². The van der Waals surface area contributed by atoms with Crippen LogP contribution < -0.4 is 5.32 Å². The van der Waals surface area contributed by atoms with Crippen molar-refractivity contribution >= 4 is 11.9 Å². The van der Waals surface area contributed by atoms with E-state index in [9.17, 15) is 9.59 Å². The first-order chi connectivity index (χ1) is 7.65. The highest BCUT2D eigenvalue weighted by atomic mass is 16.5. The number of carboxylic acid groups (broad SMARTS) is 1. The minimum atomic E-state index is -0.930. The standard InChI is InChI=1S/C11H19NO4/c1-2-16-7-3-4-9(13)12-10(11(14)15)8-5-6-8/h8,10H,2-7H2,1H3,(H,12,13)(H,14,15). The van der Waals surface area contributed by atoms with Crippen molar-refractivity contribution in [2.75, 3.05) is 13.2 Å². The van der Waals surface area contributed by atoms with E-state index >= 15 is 0 Å². The third-order valence-corrected chi connectivity index (χ3v) is 2.57. The lowest BCUT2D eigenvalue weighted by Crippen LogP contribution is -2.42. The molecule has 1 amide bonds. The van der Waals surface area contributed by atoms with Gasteiger partial charge in [0, 0.05) is 19.6 Å². The van der Waals surface area contributed by atoms with Gasteiger partial charge in [-0.2, -0.15) is 0 Å². The Morgan fingerprint density at radius 1 is 1.50 bits per heavy atom. The summed E-state index contributed by atoms with van der Waals surface area (Å²) in [6, 6.07) is -0.695. The predicted molar refractivity (Wildman–Crippen MR) is 58.0 cm³/mol. The number of rotatable bonds is 8. The van der Waals surface area contributed by atoms with Crippen LogP contribution in [-0.2, 0) is 14.3 Å². The fourth-order valence-corrected chi connectivity index (χ4v) is 1.54. The first-order valence-electron chi connectivity index (χ1n) is 5.75. The number of carbonyl (C=O) groups excluding carboxylic acids is 1. The van der Waals surface area contributed by atoms with Crippen LogP contribution in [0, 0.1) is 5.92 Å². The van der Waals surface area contributed by atoms with Crippen molar-refractivity contribution in [1.29, 1.82) is 0 Å². The number of hydrogen-bond acceptors (Lipinski definition) is 3. The average Bonchev–Trinajstić information content (AvgIpc) is 3.04. The topological polar surface area (TPSA) is 75.6 Å². The molecule has 0 aliphatic heterocycles. The van der Waals surface area contributed by atoms with Gasteiger partial charge in [0.15, 0.2) is 0 Å². The zero-order valence-electron chi connectivity index (χ0n) is 9.57. The second-order valence-electron chi connectivity index (χ2n) is 4.02. The largest absolute Gasteiger partial charge is 0.480 e. The first-order valence-corrected chi connectivity index (χ1v) is 5.75. The highest BCUT2D eigenvalue weighted by Gasteiger charge is 2.36. The third kappa shape index (κ3) is 4.61. The van der Waals surface area contributed by atoms with Crippen molar-refractivity contribution in [3.05, 3.63) is 0 Å². The fraction of sp³-hybridized carbons (Fsp3) is 0.818. The van der Waals surface area contributed by atoms with Crippen LogP contribution in [0.25, 0.3) is 0 Å². The normalized spacial score (nSPS) is 16.8. The molecule has 2 N–H and O–H groups in total. The van der Waals surface area contributed by atoms with E-state index in [1.54, 1.807) is 0 Å². The quantitative estimate of drug-likeness (QED) is 0.603. The van der Waals surface area contributed by atoms with Crippen molar-refractivity contribution in [3.63, 3.8) is 0 Å². The van der Waals surface area contributed by atoms with Crippen molar-refractivity contribution in [1.82, 2.24) is 5.32 Å². The number of carbonyl (C=O) groups is 2. The fourth-order valence-electron chi connectivity index (χ4n) is 1.54. The molecular formula is C11H19NO4. The Morgan fingerprint density at radius 2 is 2.19 bits per heavy atom. The van der Waals surface area contributed by atoms with Crippen LogP contribution in [0.15, 0.2) is 0 Å². The monoisotopic (exact) mass is 229 g/mol. The summed E-state index contributed by atoms with van der Waals surface area (Å²) in [5.74, 6) is -0.993. The number of aliphatic carboxylic acids is 1. The minimum absolute atomic E-state index is 0.133. The lowest BCUT2D eigenvalue weighted by molar-refractivity contribution is -0.142. The lowest BCUT2D eigenvalue weighted by atomic mass is 10.2. The van der Waals surface area contributed by atoms with Crippen LogP contribution in [0.4, 0.5) is 0 Å². The molecule has 0 heterocycles. The van der Waals surface area contributed by atoms with Crippen LogP contribution in [0.5, 0.6) is 0 Å². The van der Waals surface area contributed by atoms with Gasteiger partial charge in [-0.05, 0) is 32.1 Å². The Labute approximate surface area is 95.2 Å². The number of nitrogens with one attached hydrogen (secondary N) is 1. The highest BCUT2D eigenvalue weighted by Crippen LogP contribution is 2.32. The van der Waals surface area contributed by atoms with E-state index in [0.29, 0.717) is 26.1 Å². The summed E-state index contributed by atoms with van der Waals surface area (Å²) < 4.78 is 5.10. The van der Waals surface area contributed by atoms with Gasteiger partial charge < -0.3 is 15.2 Å². The molecule has 0 radical (unpaired) electrons. The second kappa shape index (κ2) is 6.48. The molecule has 0 spiro atoms. The van der Waals surface area contributed by atoms with Crippen LogP contribution in [0.1, 0.15) is 32.6 Å². The van der Waals surface area contributed by atoms with E-state index < -0.39 is 12.0 Å². The molecule has 1 aliphatic carbocycles. The van der Waals surface area contributed by atoms with Gasteiger partial charge in [0.05, 0.1) is 0 Å². The van der Waals surface area contributed by atoms with E-state index in [0.717, 1.165) is 12.8 Å². The summed E-state index contributed by atoms with van der Waals surface area (Å²) in [5, 5.41) is 11.5. The molecule has 1 aliphatic rings. The predicted octanol–water partition coefficient (Wildman–Crippen LogP) is 0.782. The minimum Gasteiger partial charge on any atom is -0.480 e. The van der Waals surface area contributed by atoms with Crippen molar-refractivity contribution in [2.24, 2.45) is 5.92 Å². The number of amides is 1. The maximum atomic E-state index is 11.4. The Kier molecular flexibility index (Phi) is 5.25. The number of ether oxygens (including phenoxy) is 1. The van der Waals surface area contributed by atoms with E-state index in [-0.39, 0.29) is 11.8 Å². The van der Waals surface area contributed by atoms with Gasteiger partial charge in [0.2, 0.25) is 5.91 Å². The van der Waals surface area contributed by atoms with Crippen molar-refractivity contribution in [2.45, 2.75) is 38.6 Å². The zero-order chi connectivity index (χ0) is 12.0. The van der Waals surface area contributed by atoms with Crippen LogP contribution >= 0.6 is 0 Å². The molecular weight excluding hydrogens is 210 g/mol. The molecule has 0 aromatic rings. The van der Waals surface area contributed by atoms with Gasteiger partial charge in [0.25, 0.3) is 0 Å². The molecule has 0 aromatic heterocycles. The smallest absolute Gasteiger partial charge is 0.326 e.